The van der Waals surface area contributed by atoms with Crippen LogP contribution in [-0.2, 0) is 0 Å². The van der Waals surface area contributed by atoms with Gasteiger partial charge in [0.15, 0.2) is 11.5 Å². The lowest BCUT2D eigenvalue weighted by molar-refractivity contribution is 0.0582. The fraction of sp³-hybridized carbons (Fsp3) is 0.500. The monoisotopic (exact) mass is 247 g/mol. The van der Waals surface area contributed by atoms with Crippen LogP contribution in [0.25, 0.3) is 0 Å². The van der Waals surface area contributed by atoms with Gasteiger partial charge >= 0.3 is 0 Å². The summed E-state index contributed by atoms with van der Waals surface area (Å²) < 4.78 is 11.3. The Balaban J connectivity index is 2.18. The fourth-order valence-electron chi connectivity index (χ4n) is 2.15. The van der Waals surface area contributed by atoms with Gasteiger partial charge in [0, 0.05) is 6.07 Å². The van der Waals surface area contributed by atoms with Crippen LogP contribution in [0, 0.1) is 11.3 Å². The van der Waals surface area contributed by atoms with Crippen LogP contribution in [0.5, 0.6) is 11.5 Å². The first-order valence-electron chi connectivity index (χ1n) is 6.26. The molecule has 2 unspecified atom stereocenters. The number of hydrogen-bond acceptors (Lipinski definition) is 4. The van der Waals surface area contributed by atoms with Crippen LogP contribution < -0.4 is 9.47 Å². The van der Waals surface area contributed by atoms with Gasteiger partial charge in [-0.3, -0.25) is 0 Å². The Labute approximate surface area is 107 Å². The van der Waals surface area contributed by atoms with Gasteiger partial charge < -0.3 is 14.6 Å². The maximum Gasteiger partial charge on any atom is 0.162 e. The lowest BCUT2D eigenvalue weighted by Gasteiger charge is -2.19. The largest absolute Gasteiger partial charge is 0.490 e. The molecule has 0 radical (unpaired) electrons. The van der Waals surface area contributed by atoms with Gasteiger partial charge in [-0.15, -0.1) is 0 Å². The van der Waals surface area contributed by atoms with Crippen molar-refractivity contribution in [2.45, 2.75) is 38.4 Å². The molecule has 1 aromatic carbocycles. The Kier molecular flexibility index (Phi) is 4.06. The third-order valence-corrected chi connectivity index (χ3v) is 3.07. The summed E-state index contributed by atoms with van der Waals surface area (Å²) in [7, 11) is 0. The van der Waals surface area contributed by atoms with E-state index in [4.69, 9.17) is 14.7 Å². The first-order valence-corrected chi connectivity index (χ1v) is 6.26. The Bertz CT molecular complexity index is 453. The second kappa shape index (κ2) is 5.74. The van der Waals surface area contributed by atoms with Crippen molar-refractivity contribution in [1.29, 1.82) is 5.26 Å². The van der Waals surface area contributed by atoms with E-state index in [-0.39, 0.29) is 6.10 Å². The van der Waals surface area contributed by atoms with Gasteiger partial charge in [0.25, 0.3) is 0 Å². The summed E-state index contributed by atoms with van der Waals surface area (Å²) in [4.78, 5) is 0. The van der Waals surface area contributed by atoms with Crippen LogP contribution in [0.4, 0.5) is 0 Å². The molecule has 1 fully saturated rings. The normalized spacial score (nSPS) is 22.5. The SMILES string of the molecule is CCOc1cc(C#N)ccc1OC1CCCC1O. The highest BCUT2D eigenvalue weighted by Crippen LogP contribution is 2.32. The zero-order valence-corrected chi connectivity index (χ0v) is 10.4. The molecule has 0 amide bonds. The summed E-state index contributed by atoms with van der Waals surface area (Å²) in [5, 5.41) is 18.6. The molecule has 1 saturated carbocycles. The van der Waals surface area contributed by atoms with Gasteiger partial charge in [0.2, 0.25) is 0 Å². The van der Waals surface area contributed by atoms with Crippen LogP contribution in [0.15, 0.2) is 18.2 Å². The molecule has 4 nitrogen and oxygen atoms in total. The molecule has 0 bridgehead atoms. The quantitative estimate of drug-likeness (QED) is 0.886. The highest BCUT2D eigenvalue weighted by atomic mass is 16.5. The lowest BCUT2D eigenvalue weighted by atomic mass is 10.2. The lowest BCUT2D eigenvalue weighted by Crippen LogP contribution is -2.25. The van der Waals surface area contributed by atoms with Crippen molar-refractivity contribution >= 4 is 0 Å². The highest BCUT2D eigenvalue weighted by molar-refractivity contribution is 5.46. The number of nitrogens with zero attached hydrogens (tertiary/aromatic N) is 1. The minimum atomic E-state index is -0.407. The molecule has 0 spiro atoms. The highest BCUT2D eigenvalue weighted by Gasteiger charge is 2.27. The summed E-state index contributed by atoms with van der Waals surface area (Å²) >= 11 is 0. The summed E-state index contributed by atoms with van der Waals surface area (Å²) in [6, 6.07) is 7.16. The average Bonchev–Trinajstić information content (AvgIpc) is 2.77. The predicted molar refractivity (Wildman–Crippen MR) is 66.6 cm³/mol. The smallest absolute Gasteiger partial charge is 0.162 e. The van der Waals surface area contributed by atoms with Gasteiger partial charge in [-0.2, -0.15) is 5.26 Å². The number of aliphatic hydroxyl groups excluding tert-OH is 1. The summed E-state index contributed by atoms with van der Waals surface area (Å²) in [5.74, 6) is 1.16. The van der Waals surface area contributed by atoms with E-state index in [0.29, 0.717) is 23.7 Å². The van der Waals surface area contributed by atoms with E-state index in [1.54, 1.807) is 18.2 Å². The first-order chi connectivity index (χ1) is 8.74. The van der Waals surface area contributed by atoms with Crippen molar-refractivity contribution in [2.75, 3.05) is 6.61 Å². The molecule has 0 aliphatic heterocycles. The minimum Gasteiger partial charge on any atom is -0.490 e. The molecule has 1 aliphatic rings. The van der Waals surface area contributed by atoms with E-state index >= 15 is 0 Å². The summed E-state index contributed by atoms with van der Waals surface area (Å²) in [5.41, 5.74) is 0.540. The third kappa shape index (κ3) is 2.74. The Hall–Kier alpha value is -1.73. The van der Waals surface area contributed by atoms with Crippen molar-refractivity contribution in [1.82, 2.24) is 0 Å². The van der Waals surface area contributed by atoms with E-state index in [1.807, 2.05) is 6.92 Å². The van der Waals surface area contributed by atoms with Crippen LogP contribution in [0.2, 0.25) is 0 Å². The molecule has 4 heteroatoms. The van der Waals surface area contributed by atoms with E-state index in [2.05, 4.69) is 6.07 Å². The van der Waals surface area contributed by atoms with Crippen LogP contribution in [0.1, 0.15) is 31.7 Å². The zero-order chi connectivity index (χ0) is 13.0. The number of aliphatic hydroxyl groups is 1. The molecule has 18 heavy (non-hydrogen) atoms. The fourth-order valence-corrected chi connectivity index (χ4v) is 2.15. The van der Waals surface area contributed by atoms with Gasteiger partial charge in [-0.1, -0.05) is 0 Å². The van der Waals surface area contributed by atoms with Crippen LogP contribution in [-0.4, -0.2) is 23.9 Å². The van der Waals surface area contributed by atoms with E-state index in [9.17, 15) is 5.11 Å². The van der Waals surface area contributed by atoms with Gasteiger partial charge in [0.05, 0.1) is 24.3 Å². The van der Waals surface area contributed by atoms with Crippen LogP contribution in [0.3, 0.4) is 0 Å². The Morgan fingerprint density at radius 1 is 1.39 bits per heavy atom. The molecule has 2 atom stereocenters. The molecular weight excluding hydrogens is 230 g/mol. The minimum absolute atomic E-state index is 0.169. The molecule has 1 N–H and O–H groups in total. The van der Waals surface area contributed by atoms with Gasteiger partial charge in [-0.05, 0) is 38.3 Å². The molecule has 0 saturated heterocycles. The Morgan fingerprint density at radius 2 is 2.22 bits per heavy atom. The second-order valence-corrected chi connectivity index (χ2v) is 4.36. The number of rotatable bonds is 4. The maximum atomic E-state index is 9.75. The second-order valence-electron chi connectivity index (χ2n) is 4.36. The van der Waals surface area contributed by atoms with Crippen molar-refractivity contribution in [3.8, 4) is 17.6 Å². The van der Waals surface area contributed by atoms with Crippen molar-refractivity contribution in [3.05, 3.63) is 23.8 Å². The third-order valence-electron chi connectivity index (χ3n) is 3.07. The Morgan fingerprint density at radius 3 is 2.83 bits per heavy atom. The molecular formula is C14H17NO3. The van der Waals surface area contributed by atoms with Gasteiger partial charge in [-0.25, -0.2) is 0 Å². The number of ether oxygens (including phenoxy) is 2. The molecule has 0 heterocycles. The molecule has 1 aliphatic carbocycles. The number of benzene rings is 1. The molecule has 1 aromatic rings. The molecule has 2 rings (SSSR count). The standard InChI is InChI=1S/C14H17NO3/c1-2-17-14-8-10(9-15)6-7-13(14)18-12-5-3-4-11(12)16/h6-8,11-12,16H,2-5H2,1H3. The van der Waals surface area contributed by atoms with Crippen LogP contribution >= 0.6 is 0 Å². The first kappa shape index (κ1) is 12.7. The van der Waals surface area contributed by atoms with Crippen molar-refractivity contribution < 1.29 is 14.6 Å². The predicted octanol–water partition coefficient (Wildman–Crippen LogP) is 2.25. The van der Waals surface area contributed by atoms with E-state index < -0.39 is 6.10 Å². The van der Waals surface area contributed by atoms with Crippen molar-refractivity contribution in [3.63, 3.8) is 0 Å². The van der Waals surface area contributed by atoms with Gasteiger partial charge in [0.1, 0.15) is 6.10 Å². The molecule has 96 valence electrons. The van der Waals surface area contributed by atoms with E-state index in [0.717, 1.165) is 19.3 Å². The summed E-state index contributed by atoms with van der Waals surface area (Å²) in [6.45, 7) is 2.39. The maximum absolute atomic E-state index is 9.75. The number of nitriles is 1. The average molecular weight is 247 g/mol. The molecule has 0 aromatic heterocycles. The summed E-state index contributed by atoms with van der Waals surface area (Å²) in [6.07, 6.45) is 2.04. The zero-order valence-electron chi connectivity index (χ0n) is 10.4. The topological polar surface area (TPSA) is 62.5 Å². The van der Waals surface area contributed by atoms with Crippen molar-refractivity contribution in [2.24, 2.45) is 0 Å². The number of hydrogen-bond donors (Lipinski definition) is 1. The van der Waals surface area contributed by atoms with E-state index in [1.165, 1.54) is 0 Å².